The Bertz CT molecular complexity index is 724. The summed E-state index contributed by atoms with van der Waals surface area (Å²) in [5, 5.41) is 4.01. The number of nitrogens with one attached hydrogen (secondary N) is 1. The molecule has 4 nitrogen and oxygen atoms in total. The monoisotopic (exact) mass is 343 g/mol. The van der Waals surface area contributed by atoms with Crippen LogP contribution in [0.5, 0.6) is 0 Å². The average Bonchev–Trinajstić information content (AvgIpc) is 2.87. The summed E-state index contributed by atoms with van der Waals surface area (Å²) < 4.78 is 0. The van der Waals surface area contributed by atoms with E-state index in [1.807, 2.05) is 42.2 Å². The molecule has 1 aliphatic heterocycles. The molecule has 1 fully saturated rings. The third-order valence-electron chi connectivity index (χ3n) is 4.35. The van der Waals surface area contributed by atoms with Gasteiger partial charge in [-0.1, -0.05) is 30.5 Å². The summed E-state index contributed by atoms with van der Waals surface area (Å²) in [6.45, 7) is 3.67. The van der Waals surface area contributed by atoms with Crippen molar-refractivity contribution in [3.63, 3.8) is 0 Å². The van der Waals surface area contributed by atoms with E-state index in [9.17, 15) is 4.79 Å². The highest BCUT2D eigenvalue weighted by atomic mass is 35.5. The molecule has 5 heteroatoms. The number of hydrogen-bond donors (Lipinski definition) is 1. The molecule has 1 aliphatic rings. The van der Waals surface area contributed by atoms with E-state index in [1.165, 1.54) is 12.8 Å². The molecule has 0 radical (unpaired) electrons. The van der Waals surface area contributed by atoms with E-state index in [0.29, 0.717) is 10.7 Å². The largest absolute Gasteiger partial charge is 0.355 e. The molecule has 2 heterocycles. The lowest BCUT2D eigenvalue weighted by atomic mass is 10.2. The van der Waals surface area contributed by atoms with Crippen molar-refractivity contribution in [3.05, 3.63) is 52.8 Å². The summed E-state index contributed by atoms with van der Waals surface area (Å²) in [5.74, 6) is 0.0170. The van der Waals surface area contributed by atoms with Gasteiger partial charge in [-0.2, -0.15) is 0 Å². The van der Waals surface area contributed by atoms with Gasteiger partial charge in [-0.15, -0.1) is 0 Å². The van der Waals surface area contributed by atoms with Gasteiger partial charge in [0.05, 0.1) is 0 Å². The van der Waals surface area contributed by atoms with E-state index < -0.39 is 0 Å². The number of pyridine rings is 1. The molecule has 0 bridgehead atoms. The summed E-state index contributed by atoms with van der Waals surface area (Å²) >= 11 is 6.07. The van der Waals surface area contributed by atoms with E-state index in [0.717, 1.165) is 42.9 Å². The number of aromatic nitrogens is 1. The van der Waals surface area contributed by atoms with Crippen LogP contribution in [-0.2, 0) is 0 Å². The number of rotatable bonds is 3. The highest BCUT2D eigenvalue weighted by Gasteiger charge is 2.18. The number of benzene rings is 1. The van der Waals surface area contributed by atoms with Crippen molar-refractivity contribution in [2.45, 2.75) is 32.6 Å². The van der Waals surface area contributed by atoms with Crippen LogP contribution in [0.1, 0.15) is 41.7 Å². The zero-order valence-corrected chi connectivity index (χ0v) is 14.6. The Morgan fingerprint density at radius 3 is 2.62 bits per heavy atom. The third kappa shape index (κ3) is 4.06. The summed E-state index contributed by atoms with van der Waals surface area (Å²) in [7, 11) is 0. The summed E-state index contributed by atoms with van der Waals surface area (Å²) in [4.78, 5) is 18.9. The summed E-state index contributed by atoms with van der Waals surface area (Å²) in [6, 6.07) is 9.39. The molecule has 1 aromatic carbocycles. The fraction of sp³-hybridized carbons (Fsp3) is 0.368. The molecule has 0 atom stereocenters. The van der Waals surface area contributed by atoms with Crippen LogP contribution >= 0.6 is 11.6 Å². The van der Waals surface area contributed by atoms with Gasteiger partial charge in [0.2, 0.25) is 0 Å². The second kappa shape index (κ2) is 7.67. The first kappa shape index (κ1) is 16.8. The SMILES string of the molecule is Cc1ccc(Cl)cc1Nc1ccnc(C(=O)N2CCCCCC2)c1. The number of aryl methyl sites for hydroxylation is 1. The Hall–Kier alpha value is -2.07. The summed E-state index contributed by atoms with van der Waals surface area (Å²) in [5.41, 5.74) is 3.36. The van der Waals surface area contributed by atoms with Crippen LogP contribution in [0.2, 0.25) is 5.02 Å². The van der Waals surface area contributed by atoms with Gasteiger partial charge in [0.1, 0.15) is 5.69 Å². The predicted molar refractivity (Wildman–Crippen MR) is 98.1 cm³/mol. The maximum absolute atomic E-state index is 12.7. The van der Waals surface area contributed by atoms with E-state index >= 15 is 0 Å². The van der Waals surface area contributed by atoms with Crippen LogP contribution in [0.15, 0.2) is 36.5 Å². The molecule has 3 rings (SSSR count). The first-order valence-corrected chi connectivity index (χ1v) is 8.80. The topological polar surface area (TPSA) is 45.2 Å². The zero-order chi connectivity index (χ0) is 16.9. The van der Waals surface area contributed by atoms with Crippen molar-refractivity contribution in [1.82, 2.24) is 9.88 Å². The first-order valence-electron chi connectivity index (χ1n) is 8.42. The lowest BCUT2D eigenvalue weighted by Crippen LogP contribution is -2.32. The Morgan fingerprint density at radius 1 is 1.12 bits per heavy atom. The van der Waals surface area contributed by atoms with Crippen molar-refractivity contribution in [2.75, 3.05) is 18.4 Å². The van der Waals surface area contributed by atoms with Gasteiger partial charge >= 0.3 is 0 Å². The van der Waals surface area contributed by atoms with E-state index in [4.69, 9.17) is 11.6 Å². The molecule has 1 amide bonds. The molecular weight excluding hydrogens is 322 g/mol. The van der Waals surface area contributed by atoms with Crippen molar-refractivity contribution in [3.8, 4) is 0 Å². The maximum Gasteiger partial charge on any atom is 0.272 e. The molecule has 0 spiro atoms. The highest BCUT2D eigenvalue weighted by Crippen LogP contribution is 2.24. The number of anilines is 2. The predicted octanol–water partition coefficient (Wildman–Crippen LogP) is 4.80. The van der Waals surface area contributed by atoms with Crippen molar-refractivity contribution in [1.29, 1.82) is 0 Å². The molecule has 2 aromatic rings. The number of halogens is 1. The number of hydrogen-bond acceptors (Lipinski definition) is 3. The molecule has 24 heavy (non-hydrogen) atoms. The van der Waals surface area contributed by atoms with Gasteiger partial charge in [-0.25, -0.2) is 0 Å². The van der Waals surface area contributed by atoms with Crippen LogP contribution in [0.3, 0.4) is 0 Å². The number of likely N-dealkylation sites (tertiary alicyclic amines) is 1. The van der Waals surface area contributed by atoms with Gasteiger partial charge in [0.25, 0.3) is 5.91 Å². The van der Waals surface area contributed by atoms with Crippen molar-refractivity contribution in [2.24, 2.45) is 0 Å². The Kier molecular flexibility index (Phi) is 5.36. The number of carbonyl (C=O) groups is 1. The van der Waals surface area contributed by atoms with E-state index in [-0.39, 0.29) is 5.91 Å². The molecule has 1 N–H and O–H groups in total. The second-order valence-corrected chi connectivity index (χ2v) is 6.66. The third-order valence-corrected chi connectivity index (χ3v) is 4.59. The van der Waals surface area contributed by atoms with Gasteiger partial charge in [0.15, 0.2) is 0 Å². The fourth-order valence-corrected chi connectivity index (χ4v) is 3.12. The van der Waals surface area contributed by atoms with Crippen LogP contribution in [0.4, 0.5) is 11.4 Å². The van der Waals surface area contributed by atoms with Gasteiger partial charge in [-0.3, -0.25) is 9.78 Å². The number of nitrogens with zero attached hydrogens (tertiary/aromatic N) is 2. The quantitative estimate of drug-likeness (QED) is 0.870. The Labute approximate surface area is 147 Å². The lowest BCUT2D eigenvalue weighted by molar-refractivity contribution is 0.0756. The molecule has 126 valence electrons. The van der Waals surface area contributed by atoms with Crippen LogP contribution in [0, 0.1) is 6.92 Å². The van der Waals surface area contributed by atoms with Gasteiger partial charge < -0.3 is 10.2 Å². The summed E-state index contributed by atoms with van der Waals surface area (Å²) in [6.07, 6.45) is 6.23. The van der Waals surface area contributed by atoms with Gasteiger partial charge in [0, 0.05) is 35.7 Å². The Balaban J connectivity index is 1.78. The van der Waals surface area contributed by atoms with E-state index in [1.54, 1.807) is 6.20 Å². The average molecular weight is 344 g/mol. The standard InChI is InChI=1S/C19H22ClN3O/c1-14-6-7-15(20)12-17(14)22-16-8-9-21-18(13-16)19(24)23-10-4-2-3-5-11-23/h6-9,12-13H,2-5,10-11H2,1H3,(H,21,22). The zero-order valence-electron chi connectivity index (χ0n) is 13.9. The molecule has 0 saturated carbocycles. The van der Waals surface area contributed by atoms with E-state index in [2.05, 4.69) is 10.3 Å². The second-order valence-electron chi connectivity index (χ2n) is 6.22. The lowest BCUT2D eigenvalue weighted by Gasteiger charge is -2.20. The molecule has 0 aliphatic carbocycles. The van der Waals surface area contributed by atoms with Crippen molar-refractivity contribution < 1.29 is 4.79 Å². The molecule has 0 unspecified atom stereocenters. The van der Waals surface area contributed by atoms with Crippen LogP contribution in [0.25, 0.3) is 0 Å². The maximum atomic E-state index is 12.7. The molecular formula is C19H22ClN3O. The minimum atomic E-state index is 0.0170. The first-order chi connectivity index (χ1) is 11.6. The van der Waals surface area contributed by atoms with Crippen LogP contribution < -0.4 is 5.32 Å². The van der Waals surface area contributed by atoms with Crippen LogP contribution in [-0.4, -0.2) is 28.9 Å². The Morgan fingerprint density at radius 2 is 1.88 bits per heavy atom. The minimum absolute atomic E-state index is 0.0170. The number of carbonyl (C=O) groups excluding carboxylic acids is 1. The highest BCUT2D eigenvalue weighted by molar-refractivity contribution is 6.30. The molecule has 1 aromatic heterocycles. The van der Waals surface area contributed by atoms with Crippen molar-refractivity contribution >= 4 is 28.9 Å². The minimum Gasteiger partial charge on any atom is -0.355 e. The molecule has 1 saturated heterocycles. The van der Waals surface area contributed by atoms with Gasteiger partial charge in [-0.05, 0) is 49.6 Å². The number of amides is 1. The fourth-order valence-electron chi connectivity index (χ4n) is 2.95. The smallest absolute Gasteiger partial charge is 0.272 e. The normalized spacial score (nSPS) is 15.0.